The molecule has 2 fully saturated rings. The Morgan fingerprint density at radius 2 is 1.28 bits per heavy atom. The van der Waals surface area contributed by atoms with Crippen LogP contribution in [0.1, 0.15) is 110 Å². The first-order chi connectivity index (χ1) is 35.6. The number of aromatic hydroxyl groups is 1. The molecular formula is C56H61N7O11. The number of phenols is 1. The van der Waals surface area contributed by atoms with Gasteiger partial charge in [-0.2, -0.15) is 0 Å². The highest BCUT2D eigenvalue weighted by atomic mass is 16.6. The predicted molar refractivity (Wildman–Crippen MR) is 274 cm³/mol. The molecular weight excluding hydrogens is 947 g/mol. The molecule has 1 amide bonds. The number of pyridine rings is 4. The lowest BCUT2D eigenvalue weighted by atomic mass is 9.86. The molecule has 0 bridgehead atoms. The molecule has 18 heteroatoms. The minimum atomic E-state index is -1.86. The zero-order valence-electron chi connectivity index (χ0n) is 42.5. The molecule has 0 saturated carbocycles. The molecule has 2 atom stereocenters. The maximum Gasteiger partial charge on any atom is 0.415 e. The van der Waals surface area contributed by atoms with Crippen LogP contribution in [0.15, 0.2) is 58.1 Å². The summed E-state index contributed by atoms with van der Waals surface area (Å²) in [5.41, 5.74) is 4.41. The molecule has 6 aliphatic rings. The second-order valence-electron chi connectivity index (χ2n) is 20.7. The molecule has 0 aliphatic carbocycles. The number of hydrogen-bond acceptors (Lipinski definition) is 15. The Hall–Kier alpha value is -6.99. The SMILES string of the molecule is CCC1(O)C(=O)OCc2c1cc1n(c2=O)Cc2cc3c(CN(C)C)c(O)ccc3nc2-1.CCc1c2c(nc3ccc(OC(=O)N4CCC(N5CCCCC5)CC4)cc13)-c1cc3c(c(=O)n1C2)COC(=O)[C@]3(O)CC. The van der Waals surface area contributed by atoms with E-state index in [1.807, 2.05) is 42.1 Å². The largest absolute Gasteiger partial charge is 0.508 e. The number of carbonyl (C=O) groups is 3. The summed E-state index contributed by atoms with van der Waals surface area (Å²) in [6.07, 6.45) is 6.37. The van der Waals surface area contributed by atoms with E-state index in [-0.39, 0.29) is 49.0 Å². The molecule has 3 N–H and O–H groups in total. The van der Waals surface area contributed by atoms with E-state index < -0.39 is 23.1 Å². The summed E-state index contributed by atoms with van der Waals surface area (Å²) < 4.78 is 19.4. The molecule has 2 saturated heterocycles. The number of aliphatic hydroxyl groups is 2. The Balaban J connectivity index is 0.000000168. The van der Waals surface area contributed by atoms with Gasteiger partial charge in [0, 0.05) is 64.3 Å². The van der Waals surface area contributed by atoms with E-state index >= 15 is 0 Å². The first-order valence-electron chi connectivity index (χ1n) is 25.9. The number of rotatable bonds is 7. The summed E-state index contributed by atoms with van der Waals surface area (Å²) in [5.74, 6) is -0.798. The number of aromatic nitrogens is 4. The Morgan fingerprint density at radius 3 is 1.88 bits per heavy atom. The van der Waals surface area contributed by atoms with E-state index in [1.165, 1.54) is 32.4 Å². The van der Waals surface area contributed by atoms with Crippen LogP contribution < -0.4 is 15.9 Å². The number of benzene rings is 2. The number of ether oxygens (including phenoxy) is 3. The van der Waals surface area contributed by atoms with Crippen LogP contribution in [0.3, 0.4) is 0 Å². The van der Waals surface area contributed by atoms with E-state index in [1.54, 1.807) is 53.3 Å². The molecule has 0 radical (unpaired) electrons. The van der Waals surface area contributed by atoms with Gasteiger partial charge in [0.15, 0.2) is 11.2 Å². The van der Waals surface area contributed by atoms with Crippen molar-refractivity contribution in [3.63, 3.8) is 0 Å². The molecule has 386 valence electrons. The minimum Gasteiger partial charge on any atom is -0.508 e. The third-order valence-corrected chi connectivity index (χ3v) is 16.2. The number of esters is 2. The second-order valence-corrected chi connectivity index (χ2v) is 20.7. The van der Waals surface area contributed by atoms with Crippen LogP contribution in [0.2, 0.25) is 0 Å². The smallest absolute Gasteiger partial charge is 0.415 e. The first-order valence-corrected chi connectivity index (χ1v) is 25.9. The monoisotopic (exact) mass is 1010 g/mol. The predicted octanol–water partition coefficient (Wildman–Crippen LogP) is 5.94. The third kappa shape index (κ3) is 7.95. The van der Waals surface area contributed by atoms with Gasteiger partial charge in [-0.05, 0) is 126 Å². The van der Waals surface area contributed by atoms with Gasteiger partial charge in [-0.15, -0.1) is 0 Å². The second kappa shape index (κ2) is 18.7. The van der Waals surface area contributed by atoms with Crippen molar-refractivity contribution in [2.75, 3.05) is 40.3 Å². The van der Waals surface area contributed by atoms with Crippen LogP contribution >= 0.6 is 0 Å². The van der Waals surface area contributed by atoms with Crippen molar-refractivity contribution in [1.82, 2.24) is 33.8 Å². The molecule has 6 aliphatic heterocycles. The fourth-order valence-electron chi connectivity index (χ4n) is 12.1. The normalized spacial score (nSPS) is 21.0. The number of phenolic OH excluding ortho intramolecular Hbond substituents is 1. The summed E-state index contributed by atoms with van der Waals surface area (Å²) in [4.78, 5) is 80.8. The highest BCUT2D eigenvalue weighted by Gasteiger charge is 2.47. The van der Waals surface area contributed by atoms with Crippen molar-refractivity contribution >= 4 is 39.8 Å². The fraction of sp³-hybridized carbons (Fsp3) is 0.446. The highest BCUT2D eigenvalue weighted by Crippen LogP contribution is 2.43. The summed E-state index contributed by atoms with van der Waals surface area (Å²) in [5, 5.41) is 34.2. The van der Waals surface area contributed by atoms with E-state index in [0.29, 0.717) is 101 Å². The highest BCUT2D eigenvalue weighted by molar-refractivity contribution is 5.91. The van der Waals surface area contributed by atoms with Gasteiger partial charge >= 0.3 is 18.0 Å². The average molecular weight is 1010 g/mol. The topological polar surface area (TPSA) is 219 Å². The average Bonchev–Trinajstić information content (AvgIpc) is 3.97. The minimum absolute atomic E-state index is 0.0951. The summed E-state index contributed by atoms with van der Waals surface area (Å²) >= 11 is 0. The standard InChI is InChI=1S/C33H38N4O6.C23H23N3O5/c1-3-22-23-16-21(43-32(40)36-14-10-20(11-15-36)35-12-6-5-7-13-35)8-9-27(23)34-29-24(22)18-37-28(29)17-26-25(30(37)38)19-42-31(39)33(26,41)4-2;1-4-23(30)16-8-18-20-12(9-26(18)21(28)15(16)11-31-22(23)29)7-13-14(10-25(2)3)19(27)6-5-17(13)24-20/h8-9,16-17,20,41H,3-7,10-15,18-19H2,1-2H3;5-8,27,30H,4,9-11H2,1-3H3/t33-;/m0./s1. The van der Waals surface area contributed by atoms with Crippen LogP contribution in [0.5, 0.6) is 11.5 Å². The molecule has 18 nitrogen and oxygen atoms in total. The van der Waals surface area contributed by atoms with Gasteiger partial charge in [-0.3, -0.25) is 9.59 Å². The number of likely N-dealkylation sites (tertiary alicyclic amines) is 2. The van der Waals surface area contributed by atoms with Crippen LogP contribution in [0, 0.1) is 0 Å². The van der Waals surface area contributed by atoms with Crippen LogP contribution in [0.25, 0.3) is 44.6 Å². The van der Waals surface area contributed by atoms with Gasteiger partial charge in [0.2, 0.25) is 0 Å². The Labute approximate surface area is 426 Å². The number of fused-ring (bicyclic) bond motifs is 10. The molecule has 74 heavy (non-hydrogen) atoms. The van der Waals surface area contributed by atoms with E-state index in [2.05, 4.69) is 11.8 Å². The number of nitrogens with zero attached hydrogens (tertiary/aromatic N) is 7. The van der Waals surface area contributed by atoms with Crippen molar-refractivity contribution in [2.24, 2.45) is 0 Å². The van der Waals surface area contributed by atoms with Gasteiger partial charge < -0.3 is 53.4 Å². The van der Waals surface area contributed by atoms with Crippen LogP contribution in [-0.4, -0.2) is 113 Å². The zero-order chi connectivity index (χ0) is 52.0. The van der Waals surface area contributed by atoms with Crippen LogP contribution in [0.4, 0.5) is 4.79 Å². The number of amides is 1. The summed E-state index contributed by atoms with van der Waals surface area (Å²) in [6.45, 7) is 10.1. The first kappa shape index (κ1) is 49.2. The number of hydrogen-bond donors (Lipinski definition) is 3. The maximum atomic E-state index is 13.6. The Kier molecular flexibility index (Phi) is 12.5. The number of carbonyl (C=O) groups excluding carboxylic acids is 3. The van der Waals surface area contributed by atoms with Gasteiger partial charge in [0.25, 0.3) is 11.1 Å². The Bertz CT molecular complexity index is 3460. The number of piperidine rings is 2. The molecule has 0 spiro atoms. The molecule has 12 rings (SSSR count). The van der Waals surface area contributed by atoms with E-state index in [9.17, 15) is 39.3 Å². The summed E-state index contributed by atoms with van der Waals surface area (Å²) in [7, 11) is 3.86. The van der Waals surface area contributed by atoms with Crippen molar-refractivity contribution in [3.05, 3.63) is 114 Å². The van der Waals surface area contributed by atoms with Gasteiger partial charge in [-0.25, -0.2) is 24.4 Å². The van der Waals surface area contributed by atoms with Gasteiger partial charge in [-0.1, -0.05) is 27.2 Å². The van der Waals surface area contributed by atoms with Crippen LogP contribution in [-0.2, 0) is 69.5 Å². The van der Waals surface area contributed by atoms with E-state index in [4.69, 9.17) is 24.2 Å². The van der Waals surface area contributed by atoms with Gasteiger partial charge in [0.1, 0.15) is 24.7 Å². The lowest BCUT2D eigenvalue weighted by Gasteiger charge is -2.39. The van der Waals surface area contributed by atoms with Gasteiger partial charge in [0.05, 0.1) is 58.0 Å². The zero-order valence-corrected chi connectivity index (χ0v) is 42.5. The fourth-order valence-corrected chi connectivity index (χ4v) is 12.1. The van der Waals surface area contributed by atoms with Crippen molar-refractivity contribution < 1.29 is 43.9 Å². The van der Waals surface area contributed by atoms with Crippen molar-refractivity contribution in [1.29, 1.82) is 0 Å². The molecule has 4 aromatic heterocycles. The molecule has 2 aromatic carbocycles. The molecule has 6 aromatic rings. The van der Waals surface area contributed by atoms with Crippen molar-refractivity contribution in [2.45, 2.75) is 122 Å². The number of cyclic esters (lactones) is 2. The summed E-state index contributed by atoms with van der Waals surface area (Å²) in [6, 6.07) is 14.8. The maximum absolute atomic E-state index is 13.6. The molecule has 10 heterocycles. The number of aryl methyl sites for hydroxylation is 1. The molecule has 1 unspecified atom stereocenters. The lowest BCUT2D eigenvalue weighted by molar-refractivity contribution is -0.172. The van der Waals surface area contributed by atoms with Crippen molar-refractivity contribution in [3.8, 4) is 34.3 Å². The lowest BCUT2D eigenvalue weighted by Crippen LogP contribution is -2.48. The third-order valence-electron chi connectivity index (χ3n) is 16.2. The quantitative estimate of drug-likeness (QED) is 0.158. The van der Waals surface area contributed by atoms with E-state index in [0.717, 1.165) is 51.4 Å². The Morgan fingerprint density at radius 1 is 0.716 bits per heavy atom.